The van der Waals surface area contributed by atoms with Crippen molar-refractivity contribution in [1.29, 1.82) is 0 Å². The molecule has 0 aliphatic carbocycles. The van der Waals surface area contributed by atoms with Gasteiger partial charge in [-0.15, -0.1) is 0 Å². The lowest BCUT2D eigenvalue weighted by molar-refractivity contribution is -0.246. The molecule has 156 valence electrons. The van der Waals surface area contributed by atoms with Gasteiger partial charge in [-0.25, -0.2) is 0 Å². The van der Waals surface area contributed by atoms with Gasteiger partial charge in [0.2, 0.25) is 0 Å². The Labute approximate surface area is 156 Å². The van der Waals surface area contributed by atoms with Crippen LogP contribution in [-0.4, -0.2) is 115 Å². The molecule has 0 radical (unpaired) electrons. The van der Waals surface area contributed by atoms with E-state index >= 15 is 0 Å². The summed E-state index contributed by atoms with van der Waals surface area (Å²) in [6.07, 6.45) is -13.6. The lowest BCUT2D eigenvalue weighted by atomic mass is 9.79. The van der Waals surface area contributed by atoms with Gasteiger partial charge in [-0.2, -0.15) is 0 Å². The Hall–Kier alpha value is -0.840. The zero-order valence-electron chi connectivity index (χ0n) is 15.1. The smallest absolute Gasteiger partial charge is 0.147 e. The van der Waals surface area contributed by atoms with E-state index < -0.39 is 79.7 Å². The molecule has 2 aliphatic rings. The molecule has 0 aromatic carbocycles. The van der Waals surface area contributed by atoms with Crippen LogP contribution in [0.15, 0.2) is 0 Å². The van der Waals surface area contributed by atoms with Crippen molar-refractivity contribution in [2.45, 2.75) is 74.9 Å². The van der Waals surface area contributed by atoms with Crippen LogP contribution in [0.25, 0.3) is 0 Å². The molecule has 0 saturated carbocycles. The standard InChI is InChI=1S/C17H28O10/c1-17(2,16-15(25)14(24)12(22)9(6-19)27-16)4-3-7-10(20)13(23)11(21)8(5-18)26-7/h7-16,18-25H,5-6H2,1-2H3/t7-,8-,9?,10?,11-,12-,13?,14?,15?,16+/m1/s1. The fraction of sp³-hybridized carbons (Fsp3) is 0.882. The Bertz CT molecular complexity index is 554. The van der Waals surface area contributed by atoms with Crippen LogP contribution >= 0.6 is 0 Å². The molecule has 0 aromatic rings. The van der Waals surface area contributed by atoms with Crippen LogP contribution in [0.2, 0.25) is 0 Å². The summed E-state index contributed by atoms with van der Waals surface area (Å²) in [5.41, 5.74) is -1.12. The van der Waals surface area contributed by atoms with Crippen LogP contribution in [0.1, 0.15) is 13.8 Å². The number of hydrogen-bond donors (Lipinski definition) is 8. The van der Waals surface area contributed by atoms with Crippen LogP contribution in [0.5, 0.6) is 0 Å². The lowest BCUT2D eigenvalue weighted by Gasteiger charge is -2.45. The molecule has 2 saturated heterocycles. The maximum Gasteiger partial charge on any atom is 0.147 e. The second-order valence-corrected chi connectivity index (χ2v) is 7.49. The largest absolute Gasteiger partial charge is 0.394 e. The van der Waals surface area contributed by atoms with Crippen LogP contribution in [-0.2, 0) is 9.47 Å². The van der Waals surface area contributed by atoms with E-state index in [1.807, 2.05) is 0 Å². The van der Waals surface area contributed by atoms with Gasteiger partial charge in [0, 0.05) is 0 Å². The average Bonchev–Trinajstić information content (AvgIpc) is 2.63. The minimum atomic E-state index is -1.56. The average molecular weight is 392 g/mol. The molecule has 2 aliphatic heterocycles. The monoisotopic (exact) mass is 392 g/mol. The molecule has 10 heteroatoms. The molecule has 10 atom stereocenters. The maximum absolute atomic E-state index is 10.2. The number of rotatable bonds is 3. The van der Waals surface area contributed by atoms with Crippen molar-refractivity contribution in [3.63, 3.8) is 0 Å². The topological polar surface area (TPSA) is 180 Å². The number of ether oxygens (including phenoxy) is 2. The van der Waals surface area contributed by atoms with Gasteiger partial charge in [0.25, 0.3) is 0 Å². The number of aliphatic hydroxyl groups excluding tert-OH is 8. The highest BCUT2D eigenvalue weighted by Gasteiger charge is 2.49. The highest BCUT2D eigenvalue weighted by atomic mass is 16.6. The third kappa shape index (κ3) is 4.44. The van der Waals surface area contributed by atoms with Gasteiger partial charge in [-0.05, 0) is 13.8 Å². The molecular formula is C17H28O10. The van der Waals surface area contributed by atoms with Crippen LogP contribution in [0.4, 0.5) is 0 Å². The molecule has 2 heterocycles. The summed E-state index contributed by atoms with van der Waals surface area (Å²) in [6.45, 7) is 2.00. The van der Waals surface area contributed by atoms with Crippen molar-refractivity contribution in [2.75, 3.05) is 13.2 Å². The molecule has 0 bridgehead atoms. The van der Waals surface area contributed by atoms with E-state index in [9.17, 15) is 40.9 Å². The first-order chi connectivity index (χ1) is 12.5. The first-order valence-electron chi connectivity index (χ1n) is 8.68. The third-order valence-corrected chi connectivity index (χ3v) is 5.03. The molecule has 2 rings (SSSR count). The first-order valence-corrected chi connectivity index (χ1v) is 8.68. The fourth-order valence-electron chi connectivity index (χ4n) is 3.25. The SMILES string of the molecule is CC(C)(C#C[C@H]1O[C@H](CO)[C@@H](O)C(O)C1O)[C@H]1OC(CO)[C@@H](O)C(O)C1O. The zero-order valence-corrected chi connectivity index (χ0v) is 15.1. The van der Waals surface area contributed by atoms with Crippen LogP contribution < -0.4 is 0 Å². The van der Waals surface area contributed by atoms with E-state index in [0.717, 1.165) is 0 Å². The van der Waals surface area contributed by atoms with E-state index in [0.29, 0.717) is 0 Å². The summed E-state index contributed by atoms with van der Waals surface area (Å²) in [4.78, 5) is 0. The second kappa shape index (κ2) is 8.67. The number of aliphatic hydroxyl groups is 8. The molecule has 0 amide bonds. The lowest BCUT2D eigenvalue weighted by Crippen LogP contribution is -2.62. The molecule has 0 aromatic heterocycles. The van der Waals surface area contributed by atoms with Crippen LogP contribution in [0, 0.1) is 17.3 Å². The van der Waals surface area contributed by atoms with Crippen molar-refractivity contribution in [3.8, 4) is 11.8 Å². The van der Waals surface area contributed by atoms with Crippen molar-refractivity contribution in [2.24, 2.45) is 5.41 Å². The molecule has 8 N–H and O–H groups in total. The Morgan fingerprint density at radius 2 is 1.19 bits per heavy atom. The fourth-order valence-corrected chi connectivity index (χ4v) is 3.25. The highest BCUT2D eigenvalue weighted by molar-refractivity contribution is 5.20. The van der Waals surface area contributed by atoms with Crippen molar-refractivity contribution in [1.82, 2.24) is 0 Å². The molecule has 2 fully saturated rings. The normalized spacial score (nSPS) is 45.9. The van der Waals surface area contributed by atoms with E-state index in [2.05, 4.69) is 11.8 Å². The quantitative estimate of drug-likeness (QED) is 0.219. The summed E-state index contributed by atoms with van der Waals surface area (Å²) in [7, 11) is 0. The molecule has 10 nitrogen and oxygen atoms in total. The van der Waals surface area contributed by atoms with Gasteiger partial charge in [-0.3, -0.25) is 0 Å². The maximum atomic E-state index is 10.2. The van der Waals surface area contributed by atoms with E-state index in [-0.39, 0.29) is 0 Å². The van der Waals surface area contributed by atoms with Gasteiger partial charge in [0.15, 0.2) is 0 Å². The van der Waals surface area contributed by atoms with Gasteiger partial charge >= 0.3 is 0 Å². The predicted octanol–water partition coefficient (Wildman–Crippen LogP) is -4.30. The summed E-state index contributed by atoms with van der Waals surface area (Å²) in [5, 5.41) is 78.1. The molecular weight excluding hydrogens is 364 g/mol. The summed E-state index contributed by atoms with van der Waals surface area (Å²) < 4.78 is 10.8. The second-order valence-electron chi connectivity index (χ2n) is 7.49. The Morgan fingerprint density at radius 1 is 0.704 bits per heavy atom. The molecule has 0 spiro atoms. The van der Waals surface area contributed by atoms with Crippen molar-refractivity contribution < 1.29 is 50.3 Å². The predicted molar refractivity (Wildman–Crippen MR) is 89.1 cm³/mol. The molecule has 27 heavy (non-hydrogen) atoms. The van der Waals surface area contributed by atoms with E-state index in [4.69, 9.17) is 9.47 Å². The summed E-state index contributed by atoms with van der Waals surface area (Å²) >= 11 is 0. The Balaban J connectivity index is 2.20. The van der Waals surface area contributed by atoms with E-state index in [1.54, 1.807) is 13.8 Å². The number of hydrogen-bond acceptors (Lipinski definition) is 10. The van der Waals surface area contributed by atoms with Gasteiger partial charge in [0.05, 0.1) is 18.6 Å². The Morgan fingerprint density at radius 3 is 1.70 bits per heavy atom. The van der Waals surface area contributed by atoms with Gasteiger partial charge in [0.1, 0.15) is 61.0 Å². The molecule has 5 unspecified atom stereocenters. The zero-order chi connectivity index (χ0) is 20.5. The van der Waals surface area contributed by atoms with Gasteiger partial charge in [-0.1, -0.05) is 11.8 Å². The van der Waals surface area contributed by atoms with Gasteiger partial charge < -0.3 is 50.3 Å². The third-order valence-electron chi connectivity index (χ3n) is 5.03. The minimum absolute atomic E-state index is 0.572. The minimum Gasteiger partial charge on any atom is -0.394 e. The summed E-state index contributed by atoms with van der Waals surface area (Å²) in [5.74, 6) is 5.35. The van der Waals surface area contributed by atoms with E-state index in [1.165, 1.54) is 0 Å². The summed E-state index contributed by atoms with van der Waals surface area (Å²) in [6, 6.07) is 0. The highest BCUT2D eigenvalue weighted by Crippen LogP contribution is 2.33. The van der Waals surface area contributed by atoms with Crippen molar-refractivity contribution in [3.05, 3.63) is 0 Å². The first kappa shape index (κ1) is 22.4. The van der Waals surface area contributed by atoms with Crippen LogP contribution in [0.3, 0.4) is 0 Å². The van der Waals surface area contributed by atoms with Crippen molar-refractivity contribution >= 4 is 0 Å². The Kier molecular flexibility index (Phi) is 7.21.